The lowest BCUT2D eigenvalue weighted by molar-refractivity contribution is 0.0893. The lowest BCUT2D eigenvalue weighted by Crippen LogP contribution is -2.37. The smallest absolute Gasteiger partial charge is 0.252 e. The number of sulfonamides is 1. The van der Waals surface area contributed by atoms with Gasteiger partial charge in [-0.15, -0.1) is 0 Å². The Morgan fingerprint density at radius 2 is 2.14 bits per heavy atom. The van der Waals surface area contributed by atoms with E-state index in [4.69, 9.17) is 9.88 Å². The molecule has 0 radical (unpaired) electrons. The van der Waals surface area contributed by atoms with Crippen LogP contribution in [0.2, 0.25) is 0 Å². The van der Waals surface area contributed by atoms with Gasteiger partial charge in [-0.3, -0.25) is 4.79 Å². The fraction of sp³-hybridized carbons (Fsp3) is 0.417. The molecule has 0 aliphatic carbocycles. The van der Waals surface area contributed by atoms with Crippen LogP contribution in [0.4, 0.5) is 4.39 Å². The zero-order chi connectivity index (χ0) is 16.2. The fourth-order valence-electron chi connectivity index (χ4n) is 1.66. The summed E-state index contributed by atoms with van der Waals surface area (Å²) in [6.45, 7) is 2.14. The van der Waals surface area contributed by atoms with Crippen LogP contribution in [-0.2, 0) is 14.8 Å². The monoisotopic (exact) mass is 382 g/mol. The molecule has 1 atom stereocenters. The summed E-state index contributed by atoms with van der Waals surface area (Å²) >= 11 is 2.98. The van der Waals surface area contributed by atoms with E-state index < -0.39 is 26.6 Å². The summed E-state index contributed by atoms with van der Waals surface area (Å²) in [5.74, 6) is -1.48. The van der Waals surface area contributed by atoms with Crippen molar-refractivity contribution in [2.24, 2.45) is 5.14 Å². The average molecular weight is 383 g/mol. The Morgan fingerprint density at radius 1 is 1.52 bits per heavy atom. The number of primary sulfonamides is 1. The zero-order valence-corrected chi connectivity index (χ0v) is 13.9. The van der Waals surface area contributed by atoms with Crippen LogP contribution < -0.4 is 10.5 Å². The first kappa shape index (κ1) is 18.0. The van der Waals surface area contributed by atoms with Crippen LogP contribution in [0.5, 0.6) is 0 Å². The standard InChI is InChI=1S/C12H16BrFN2O4S/c1-3-8(6-20-2)16-12(17)9-4-7(14)5-10(11(9)13)21(15,18)19/h4-5,8H,3,6H2,1-2H3,(H,16,17)(H2,15,18,19). The van der Waals surface area contributed by atoms with E-state index in [1.807, 2.05) is 6.92 Å². The summed E-state index contributed by atoms with van der Waals surface area (Å²) in [7, 11) is -2.66. The summed E-state index contributed by atoms with van der Waals surface area (Å²) in [4.78, 5) is 11.7. The Morgan fingerprint density at radius 3 is 2.62 bits per heavy atom. The zero-order valence-electron chi connectivity index (χ0n) is 11.5. The summed E-state index contributed by atoms with van der Waals surface area (Å²) < 4.78 is 41.2. The molecule has 0 bridgehead atoms. The molecule has 0 saturated carbocycles. The molecular weight excluding hydrogens is 367 g/mol. The number of carbonyl (C=O) groups is 1. The Kier molecular flexibility index (Phi) is 6.26. The molecule has 3 N–H and O–H groups in total. The summed E-state index contributed by atoms with van der Waals surface area (Å²) in [5, 5.41) is 7.63. The largest absolute Gasteiger partial charge is 0.383 e. The van der Waals surface area contributed by atoms with Crippen molar-refractivity contribution in [3.05, 3.63) is 28.0 Å². The van der Waals surface area contributed by atoms with Gasteiger partial charge in [0.15, 0.2) is 0 Å². The number of hydrogen-bond acceptors (Lipinski definition) is 4. The second-order valence-corrected chi connectivity index (χ2v) is 6.67. The van der Waals surface area contributed by atoms with Crippen LogP contribution in [0.3, 0.4) is 0 Å². The van der Waals surface area contributed by atoms with Gasteiger partial charge in [0.25, 0.3) is 5.91 Å². The minimum atomic E-state index is -4.15. The van der Waals surface area contributed by atoms with Gasteiger partial charge in [0.1, 0.15) is 5.82 Å². The van der Waals surface area contributed by atoms with E-state index in [0.29, 0.717) is 6.42 Å². The number of carbonyl (C=O) groups excluding carboxylic acids is 1. The molecule has 0 fully saturated rings. The highest BCUT2D eigenvalue weighted by Crippen LogP contribution is 2.26. The second kappa shape index (κ2) is 7.30. The van der Waals surface area contributed by atoms with Crippen molar-refractivity contribution in [3.63, 3.8) is 0 Å². The molecule has 118 valence electrons. The molecular formula is C12H16BrFN2O4S. The molecule has 0 saturated heterocycles. The molecule has 21 heavy (non-hydrogen) atoms. The Bertz CT molecular complexity index is 636. The highest BCUT2D eigenvalue weighted by molar-refractivity contribution is 9.10. The fourth-order valence-corrected chi connectivity index (χ4v) is 3.38. The van der Waals surface area contributed by atoms with Crippen molar-refractivity contribution in [2.75, 3.05) is 13.7 Å². The van der Waals surface area contributed by atoms with Gasteiger partial charge in [0, 0.05) is 7.11 Å². The molecule has 1 aromatic rings. The van der Waals surface area contributed by atoms with Crippen molar-refractivity contribution in [1.82, 2.24) is 5.32 Å². The minimum Gasteiger partial charge on any atom is -0.383 e. The van der Waals surface area contributed by atoms with E-state index in [2.05, 4.69) is 21.2 Å². The van der Waals surface area contributed by atoms with E-state index in [0.717, 1.165) is 12.1 Å². The molecule has 0 aliphatic rings. The molecule has 1 amide bonds. The number of nitrogens with two attached hydrogens (primary N) is 1. The summed E-state index contributed by atoms with van der Waals surface area (Å²) in [6.07, 6.45) is 0.606. The van der Waals surface area contributed by atoms with E-state index >= 15 is 0 Å². The molecule has 0 spiro atoms. The molecule has 1 unspecified atom stereocenters. The lowest BCUT2D eigenvalue weighted by atomic mass is 10.1. The number of methoxy groups -OCH3 is 1. The lowest BCUT2D eigenvalue weighted by Gasteiger charge is -2.17. The third kappa shape index (κ3) is 4.73. The third-order valence-electron chi connectivity index (χ3n) is 2.75. The Hall–Kier alpha value is -1.03. The highest BCUT2D eigenvalue weighted by atomic mass is 79.9. The number of amides is 1. The number of nitrogens with one attached hydrogen (secondary N) is 1. The van der Waals surface area contributed by atoms with Crippen molar-refractivity contribution >= 4 is 31.9 Å². The third-order valence-corrected chi connectivity index (χ3v) is 4.80. The van der Waals surface area contributed by atoms with Gasteiger partial charge >= 0.3 is 0 Å². The van der Waals surface area contributed by atoms with E-state index in [1.54, 1.807) is 0 Å². The van der Waals surface area contributed by atoms with Crippen LogP contribution in [0.1, 0.15) is 23.7 Å². The number of hydrogen-bond donors (Lipinski definition) is 2. The van der Waals surface area contributed by atoms with E-state index in [1.165, 1.54) is 7.11 Å². The summed E-state index contributed by atoms with van der Waals surface area (Å²) in [6, 6.07) is 1.42. The minimum absolute atomic E-state index is 0.0730. The maximum absolute atomic E-state index is 13.5. The average Bonchev–Trinajstić information content (AvgIpc) is 2.39. The molecule has 0 heterocycles. The number of benzene rings is 1. The Labute approximate surface area is 131 Å². The maximum Gasteiger partial charge on any atom is 0.252 e. The first-order valence-corrected chi connectivity index (χ1v) is 8.36. The predicted molar refractivity (Wildman–Crippen MR) is 78.9 cm³/mol. The second-order valence-electron chi connectivity index (χ2n) is 4.34. The molecule has 1 rings (SSSR count). The van der Waals surface area contributed by atoms with Crippen molar-refractivity contribution in [3.8, 4) is 0 Å². The first-order valence-electron chi connectivity index (χ1n) is 6.02. The van der Waals surface area contributed by atoms with Gasteiger partial charge in [0.2, 0.25) is 10.0 Å². The van der Waals surface area contributed by atoms with Crippen molar-refractivity contribution < 1.29 is 22.3 Å². The van der Waals surface area contributed by atoms with Crippen LogP contribution in [-0.4, -0.2) is 34.1 Å². The topological polar surface area (TPSA) is 98.5 Å². The molecule has 9 heteroatoms. The number of rotatable bonds is 6. The molecule has 0 aliphatic heterocycles. The van der Waals surface area contributed by atoms with E-state index in [9.17, 15) is 17.6 Å². The first-order chi connectivity index (χ1) is 9.70. The number of ether oxygens (including phenoxy) is 1. The summed E-state index contributed by atoms with van der Waals surface area (Å²) in [5.41, 5.74) is -0.145. The van der Waals surface area contributed by atoms with Crippen molar-refractivity contribution in [2.45, 2.75) is 24.3 Å². The van der Waals surface area contributed by atoms with E-state index in [-0.39, 0.29) is 22.7 Å². The molecule has 0 aromatic heterocycles. The highest BCUT2D eigenvalue weighted by Gasteiger charge is 2.22. The van der Waals surface area contributed by atoms with Gasteiger partial charge in [-0.1, -0.05) is 6.92 Å². The normalized spacial score (nSPS) is 13.0. The number of halogens is 2. The SMILES string of the molecule is CCC(COC)NC(=O)c1cc(F)cc(S(N)(=O)=O)c1Br. The quantitative estimate of drug-likeness (QED) is 0.776. The van der Waals surface area contributed by atoms with Crippen molar-refractivity contribution in [1.29, 1.82) is 0 Å². The maximum atomic E-state index is 13.5. The van der Waals surface area contributed by atoms with Gasteiger partial charge < -0.3 is 10.1 Å². The van der Waals surface area contributed by atoms with Gasteiger partial charge in [-0.2, -0.15) is 0 Å². The molecule has 1 aromatic carbocycles. The predicted octanol–water partition coefficient (Wildman–Crippen LogP) is 1.39. The van der Waals surface area contributed by atoms with Crippen LogP contribution in [0.25, 0.3) is 0 Å². The van der Waals surface area contributed by atoms with Gasteiger partial charge in [-0.25, -0.2) is 17.9 Å². The van der Waals surface area contributed by atoms with Crippen LogP contribution in [0, 0.1) is 5.82 Å². The van der Waals surface area contributed by atoms with Crippen LogP contribution >= 0.6 is 15.9 Å². The van der Waals surface area contributed by atoms with Gasteiger partial charge in [-0.05, 0) is 34.5 Å². The van der Waals surface area contributed by atoms with Gasteiger partial charge in [0.05, 0.1) is 27.6 Å². The Balaban J connectivity index is 3.19. The van der Waals surface area contributed by atoms with Crippen LogP contribution in [0.15, 0.2) is 21.5 Å². The molecule has 6 nitrogen and oxygen atoms in total.